The molecule has 0 radical (unpaired) electrons. The Morgan fingerprint density at radius 1 is 1.05 bits per heavy atom. The Morgan fingerprint density at radius 3 is 2.52 bits per heavy atom. The fraction of sp³-hybridized carbons (Fsp3) is 0.333. The van der Waals surface area contributed by atoms with Gasteiger partial charge in [0, 0.05) is 10.6 Å². The molecule has 2 rings (SSSR count). The summed E-state index contributed by atoms with van der Waals surface area (Å²) in [5, 5.41) is 0. The van der Waals surface area contributed by atoms with Crippen LogP contribution in [0.25, 0.3) is 0 Å². The second kappa shape index (κ2) is 6.90. The summed E-state index contributed by atoms with van der Waals surface area (Å²) in [5.41, 5.74) is 3.39. The monoisotopic (exact) mass is 302 g/mol. The molecule has 0 aliphatic rings. The van der Waals surface area contributed by atoms with Gasteiger partial charge in [0.1, 0.15) is 11.5 Å². The molecule has 0 fully saturated rings. The van der Waals surface area contributed by atoms with Gasteiger partial charge < -0.3 is 4.74 Å². The molecule has 21 heavy (non-hydrogen) atoms. The van der Waals surface area contributed by atoms with Gasteiger partial charge in [0.2, 0.25) is 0 Å². The number of aryl methyl sites for hydroxylation is 2. The van der Waals surface area contributed by atoms with Crippen LogP contribution in [0, 0.1) is 20.8 Å². The Hall–Kier alpha value is -1.61. The van der Waals surface area contributed by atoms with Crippen LogP contribution >= 0.6 is 0 Å². The molecule has 0 amide bonds. The van der Waals surface area contributed by atoms with Crippen molar-refractivity contribution in [3.8, 4) is 11.5 Å². The maximum absolute atomic E-state index is 12.2. The molecule has 0 N–H and O–H groups in total. The van der Waals surface area contributed by atoms with Crippen molar-refractivity contribution in [3.05, 3.63) is 53.1 Å². The molecular formula is C18H22O2S. The molecule has 3 heteroatoms. The minimum atomic E-state index is -0.953. The predicted molar refractivity (Wildman–Crippen MR) is 88.7 cm³/mol. The van der Waals surface area contributed by atoms with Crippen molar-refractivity contribution in [3.63, 3.8) is 0 Å². The molecule has 0 spiro atoms. The van der Waals surface area contributed by atoms with E-state index in [1.54, 1.807) is 0 Å². The fourth-order valence-corrected chi connectivity index (χ4v) is 3.41. The average Bonchev–Trinajstić information content (AvgIpc) is 2.46. The maximum Gasteiger partial charge on any atom is 0.130 e. The maximum atomic E-state index is 12.2. The first-order valence-electron chi connectivity index (χ1n) is 7.26. The molecule has 1 unspecified atom stereocenters. The van der Waals surface area contributed by atoms with Crippen molar-refractivity contribution in [2.45, 2.75) is 39.0 Å². The Kier molecular flexibility index (Phi) is 5.18. The Bertz CT molecular complexity index is 662. The van der Waals surface area contributed by atoms with E-state index in [9.17, 15) is 4.21 Å². The van der Waals surface area contributed by atoms with Crippen LogP contribution in [0.3, 0.4) is 0 Å². The minimum absolute atomic E-state index is 0.688. The molecule has 0 bridgehead atoms. The molecule has 112 valence electrons. The number of hydrogen-bond acceptors (Lipinski definition) is 2. The zero-order chi connectivity index (χ0) is 15.4. The molecule has 0 heterocycles. The van der Waals surface area contributed by atoms with Gasteiger partial charge in [-0.1, -0.05) is 25.1 Å². The van der Waals surface area contributed by atoms with Crippen molar-refractivity contribution >= 4 is 10.8 Å². The van der Waals surface area contributed by atoms with Crippen molar-refractivity contribution < 1.29 is 8.95 Å². The van der Waals surface area contributed by atoms with Crippen molar-refractivity contribution in [1.29, 1.82) is 0 Å². The lowest BCUT2D eigenvalue weighted by atomic mass is 10.1. The third-order valence-corrected chi connectivity index (χ3v) is 5.29. The zero-order valence-corrected chi connectivity index (χ0v) is 13.9. The smallest absolute Gasteiger partial charge is 0.130 e. The van der Waals surface area contributed by atoms with E-state index in [2.05, 4.69) is 19.9 Å². The SMILES string of the molecule is CCCS(=O)c1cc(Oc2cccc(C)c2C)ccc1C. The van der Waals surface area contributed by atoms with E-state index in [1.165, 1.54) is 5.56 Å². The van der Waals surface area contributed by atoms with Crippen LogP contribution in [0.4, 0.5) is 0 Å². The molecule has 0 saturated heterocycles. The van der Waals surface area contributed by atoms with Crippen molar-refractivity contribution in [2.75, 3.05) is 5.75 Å². The van der Waals surface area contributed by atoms with E-state index in [0.29, 0.717) is 5.75 Å². The lowest BCUT2D eigenvalue weighted by Crippen LogP contribution is -2.00. The highest BCUT2D eigenvalue weighted by molar-refractivity contribution is 7.85. The van der Waals surface area contributed by atoms with Crippen LogP contribution < -0.4 is 4.74 Å². The zero-order valence-electron chi connectivity index (χ0n) is 13.1. The van der Waals surface area contributed by atoms with Gasteiger partial charge in [0.05, 0.1) is 10.8 Å². The van der Waals surface area contributed by atoms with E-state index < -0.39 is 10.8 Å². The van der Waals surface area contributed by atoms with E-state index in [0.717, 1.165) is 33.9 Å². The number of ether oxygens (including phenoxy) is 1. The first-order valence-corrected chi connectivity index (χ1v) is 8.58. The van der Waals surface area contributed by atoms with Crippen LogP contribution in [0.2, 0.25) is 0 Å². The lowest BCUT2D eigenvalue weighted by molar-refractivity contribution is 0.476. The van der Waals surface area contributed by atoms with Gasteiger partial charge in [-0.05, 0) is 62.1 Å². The van der Waals surface area contributed by atoms with Crippen LogP contribution in [0.1, 0.15) is 30.0 Å². The largest absolute Gasteiger partial charge is 0.457 e. The third kappa shape index (κ3) is 3.73. The summed E-state index contributed by atoms with van der Waals surface area (Å²) < 4.78 is 18.2. The summed E-state index contributed by atoms with van der Waals surface area (Å²) in [6.07, 6.45) is 0.911. The standard InChI is InChI=1S/C18H22O2S/c1-5-11-21(19)18-12-16(10-9-14(18)3)20-17-8-6-7-13(2)15(17)4/h6-10,12H,5,11H2,1-4H3. The van der Waals surface area contributed by atoms with E-state index in [1.807, 2.05) is 44.2 Å². The fourth-order valence-electron chi connectivity index (χ4n) is 2.15. The summed E-state index contributed by atoms with van der Waals surface area (Å²) in [5.74, 6) is 2.29. The Morgan fingerprint density at radius 2 is 1.81 bits per heavy atom. The number of benzene rings is 2. The van der Waals surface area contributed by atoms with Crippen LogP contribution in [-0.2, 0) is 10.8 Å². The topological polar surface area (TPSA) is 26.3 Å². The molecule has 2 nitrogen and oxygen atoms in total. The van der Waals surface area contributed by atoms with Crippen LogP contribution in [0.5, 0.6) is 11.5 Å². The third-order valence-electron chi connectivity index (χ3n) is 3.58. The van der Waals surface area contributed by atoms with E-state index in [-0.39, 0.29) is 0 Å². The van der Waals surface area contributed by atoms with Crippen LogP contribution in [0.15, 0.2) is 41.3 Å². The normalized spacial score (nSPS) is 12.2. The van der Waals surface area contributed by atoms with Gasteiger partial charge in [0.15, 0.2) is 0 Å². The molecule has 2 aromatic carbocycles. The predicted octanol–water partition coefficient (Wildman–Crippen LogP) is 4.92. The van der Waals surface area contributed by atoms with Crippen molar-refractivity contribution in [2.24, 2.45) is 0 Å². The van der Waals surface area contributed by atoms with Gasteiger partial charge in [-0.25, -0.2) is 0 Å². The quantitative estimate of drug-likeness (QED) is 0.783. The summed E-state index contributed by atoms with van der Waals surface area (Å²) in [4.78, 5) is 0.875. The Labute approximate surface area is 129 Å². The van der Waals surface area contributed by atoms with E-state index in [4.69, 9.17) is 4.74 Å². The second-order valence-electron chi connectivity index (χ2n) is 5.28. The van der Waals surface area contributed by atoms with E-state index >= 15 is 0 Å². The van der Waals surface area contributed by atoms with Gasteiger partial charge in [-0.3, -0.25) is 4.21 Å². The Balaban J connectivity index is 2.31. The summed E-state index contributed by atoms with van der Waals surface area (Å²) >= 11 is 0. The van der Waals surface area contributed by atoms with Crippen LogP contribution in [-0.4, -0.2) is 9.96 Å². The highest BCUT2D eigenvalue weighted by Gasteiger charge is 2.10. The molecule has 2 aromatic rings. The van der Waals surface area contributed by atoms with Gasteiger partial charge in [-0.15, -0.1) is 0 Å². The summed E-state index contributed by atoms with van der Waals surface area (Å²) in [7, 11) is -0.953. The lowest BCUT2D eigenvalue weighted by Gasteiger charge is -2.12. The van der Waals surface area contributed by atoms with Gasteiger partial charge >= 0.3 is 0 Å². The first kappa shape index (κ1) is 15.8. The minimum Gasteiger partial charge on any atom is -0.457 e. The second-order valence-corrected chi connectivity index (χ2v) is 6.82. The highest BCUT2D eigenvalue weighted by Crippen LogP contribution is 2.29. The summed E-state index contributed by atoms with van der Waals surface area (Å²) in [6.45, 7) is 8.16. The molecule has 0 aromatic heterocycles. The highest BCUT2D eigenvalue weighted by atomic mass is 32.2. The number of hydrogen-bond donors (Lipinski definition) is 0. The van der Waals surface area contributed by atoms with Crippen molar-refractivity contribution in [1.82, 2.24) is 0 Å². The molecule has 1 atom stereocenters. The summed E-state index contributed by atoms with van der Waals surface area (Å²) in [6, 6.07) is 11.8. The average molecular weight is 302 g/mol. The first-order chi connectivity index (χ1) is 10.0. The molecule has 0 saturated carbocycles. The van der Waals surface area contributed by atoms with Gasteiger partial charge in [-0.2, -0.15) is 0 Å². The number of rotatable bonds is 5. The molecule has 0 aliphatic carbocycles. The van der Waals surface area contributed by atoms with Gasteiger partial charge in [0.25, 0.3) is 0 Å². The molecular weight excluding hydrogens is 280 g/mol. The molecule has 0 aliphatic heterocycles.